The Labute approximate surface area is 100 Å². The maximum Gasteiger partial charge on any atom is 0.253 e. The number of hydrogen-bond donors (Lipinski definition) is 1. The zero-order valence-corrected chi connectivity index (χ0v) is 9.90. The van der Waals surface area contributed by atoms with E-state index in [4.69, 9.17) is 5.73 Å². The Balaban J connectivity index is 2.10. The predicted octanol–water partition coefficient (Wildman–Crippen LogP) is 1.64. The number of nitrogens with zero attached hydrogens (tertiary/aromatic N) is 1. The van der Waals surface area contributed by atoms with E-state index in [9.17, 15) is 9.18 Å². The first-order valence-corrected chi connectivity index (χ1v) is 5.88. The van der Waals surface area contributed by atoms with E-state index in [0.717, 1.165) is 6.42 Å². The largest absolute Gasteiger partial charge is 0.338 e. The number of hydrogen-bond acceptors (Lipinski definition) is 2. The molecule has 0 radical (unpaired) electrons. The zero-order valence-electron chi connectivity index (χ0n) is 9.90. The lowest BCUT2D eigenvalue weighted by atomic mass is 9.94. The van der Waals surface area contributed by atoms with Crippen molar-refractivity contribution in [3.05, 3.63) is 35.6 Å². The molecular formula is C13H17FN2O. The van der Waals surface area contributed by atoms with Gasteiger partial charge in [-0.15, -0.1) is 0 Å². The molecular weight excluding hydrogens is 219 g/mol. The van der Waals surface area contributed by atoms with Gasteiger partial charge < -0.3 is 10.6 Å². The molecule has 92 valence electrons. The first-order valence-electron chi connectivity index (χ1n) is 5.88. The topological polar surface area (TPSA) is 46.3 Å². The Bertz CT molecular complexity index is 422. The van der Waals surface area contributed by atoms with Crippen LogP contribution >= 0.6 is 0 Å². The summed E-state index contributed by atoms with van der Waals surface area (Å²) in [7, 11) is 0. The number of amides is 1. The standard InChI is InChI=1S/C13H17FN2O/c1-9-8-16(6-5-12(9)15)13(17)10-3-2-4-11(14)7-10/h2-4,7,9,12H,5-6,8,15H2,1H3. The molecule has 3 nitrogen and oxygen atoms in total. The van der Waals surface area contributed by atoms with Gasteiger partial charge in [0.05, 0.1) is 0 Å². The second-order valence-corrected chi connectivity index (χ2v) is 4.69. The summed E-state index contributed by atoms with van der Waals surface area (Å²) < 4.78 is 13.0. The van der Waals surface area contributed by atoms with Gasteiger partial charge in [0.1, 0.15) is 5.82 Å². The van der Waals surface area contributed by atoms with E-state index in [2.05, 4.69) is 0 Å². The molecule has 1 amide bonds. The number of benzene rings is 1. The molecule has 0 saturated carbocycles. The number of likely N-dealkylation sites (tertiary alicyclic amines) is 1. The lowest BCUT2D eigenvalue weighted by Gasteiger charge is -2.35. The van der Waals surface area contributed by atoms with Crippen molar-refractivity contribution in [2.24, 2.45) is 11.7 Å². The van der Waals surface area contributed by atoms with Crippen molar-refractivity contribution in [1.82, 2.24) is 4.90 Å². The Morgan fingerprint density at radius 1 is 1.53 bits per heavy atom. The number of piperidine rings is 1. The molecule has 2 N–H and O–H groups in total. The zero-order chi connectivity index (χ0) is 12.4. The van der Waals surface area contributed by atoms with Gasteiger partial charge >= 0.3 is 0 Å². The smallest absolute Gasteiger partial charge is 0.253 e. The fourth-order valence-electron chi connectivity index (χ4n) is 2.15. The Kier molecular flexibility index (Phi) is 3.43. The van der Waals surface area contributed by atoms with Crippen LogP contribution in [0.3, 0.4) is 0 Å². The van der Waals surface area contributed by atoms with Gasteiger partial charge in [-0.25, -0.2) is 4.39 Å². The molecule has 1 aromatic carbocycles. The van der Waals surface area contributed by atoms with Crippen molar-refractivity contribution in [3.63, 3.8) is 0 Å². The van der Waals surface area contributed by atoms with E-state index in [1.54, 1.807) is 17.0 Å². The van der Waals surface area contributed by atoms with Crippen molar-refractivity contribution in [2.45, 2.75) is 19.4 Å². The van der Waals surface area contributed by atoms with E-state index < -0.39 is 0 Å². The van der Waals surface area contributed by atoms with E-state index in [0.29, 0.717) is 24.6 Å². The van der Waals surface area contributed by atoms with Crippen LogP contribution in [0.5, 0.6) is 0 Å². The Hall–Kier alpha value is -1.42. The van der Waals surface area contributed by atoms with Crippen LogP contribution in [0.2, 0.25) is 0 Å². The highest BCUT2D eigenvalue weighted by Crippen LogP contribution is 2.17. The summed E-state index contributed by atoms with van der Waals surface area (Å²) in [6.45, 7) is 3.34. The SMILES string of the molecule is CC1CN(C(=O)c2cccc(F)c2)CCC1N. The van der Waals surface area contributed by atoms with Gasteiger partial charge in [0.2, 0.25) is 0 Å². The second kappa shape index (κ2) is 4.84. The Morgan fingerprint density at radius 3 is 2.94 bits per heavy atom. The molecule has 4 heteroatoms. The molecule has 1 aliphatic heterocycles. The van der Waals surface area contributed by atoms with E-state index in [1.807, 2.05) is 6.92 Å². The van der Waals surface area contributed by atoms with E-state index in [1.165, 1.54) is 12.1 Å². The molecule has 0 bridgehead atoms. The molecule has 0 aliphatic carbocycles. The molecule has 2 atom stereocenters. The van der Waals surface area contributed by atoms with Crippen LogP contribution in [0.4, 0.5) is 4.39 Å². The van der Waals surface area contributed by atoms with Crippen molar-refractivity contribution >= 4 is 5.91 Å². The van der Waals surface area contributed by atoms with Crippen LogP contribution in [0.25, 0.3) is 0 Å². The third-order valence-corrected chi connectivity index (χ3v) is 3.33. The second-order valence-electron chi connectivity index (χ2n) is 4.69. The van der Waals surface area contributed by atoms with E-state index in [-0.39, 0.29) is 17.8 Å². The molecule has 1 heterocycles. The summed E-state index contributed by atoms with van der Waals surface area (Å²) in [6.07, 6.45) is 0.808. The monoisotopic (exact) mass is 236 g/mol. The van der Waals surface area contributed by atoms with Crippen LogP contribution in [-0.2, 0) is 0 Å². The minimum absolute atomic E-state index is 0.108. The summed E-state index contributed by atoms with van der Waals surface area (Å²) in [6, 6.07) is 5.98. The molecule has 2 unspecified atom stereocenters. The van der Waals surface area contributed by atoms with Crippen molar-refractivity contribution < 1.29 is 9.18 Å². The Morgan fingerprint density at radius 2 is 2.29 bits per heavy atom. The molecule has 0 spiro atoms. The van der Waals surface area contributed by atoms with Gasteiger partial charge in [-0.1, -0.05) is 13.0 Å². The summed E-state index contributed by atoms with van der Waals surface area (Å²) in [4.78, 5) is 13.9. The maximum atomic E-state index is 13.0. The van der Waals surface area contributed by atoms with Gasteiger partial charge in [0.15, 0.2) is 0 Å². The first-order chi connectivity index (χ1) is 8.08. The number of nitrogens with two attached hydrogens (primary N) is 1. The predicted molar refractivity (Wildman–Crippen MR) is 64.1 cm³/mol. The third kappa shape index (κ3) is 2.64. The normalized spacial score (nSPS) is 24.8. The quantitative estimate of drug-likeness (QED) is 0.805. The molecule has 0 aromatic heterocycles. The number of carbonyl (C=O) groups excluding carboxylic acids is 1. The maximum absolute atomic E-state index is 13.0. The van der Waals surface area contributed by atoms with E-state index >= 15 is 0 Å². The lowest BCUT2D eigenvalue weighted by Crippen LogP contribution is -2.48. The van der Waals surface area contributed by atoms with Gasteiger partial charge in [-0.05, 0) is 30.5 Å². The summed E-state index contributed by atoms with van der Waals surface area (Å²) >= 11 is 0. The fourth-order valence-corrected chi connectivity index (χ4v) is 2.15. The summed E-state index contributed by atoms with van der Waals surface area (Å²) in [5, 5.41) is 0. The summed E-state index contributed by atoms with van der Waals surface area (Å²) in [5.41, 5.74) is 6.32. The highest BCUT2D eigenvalue weighted by atomic mass is 19.1. The highest BCUT2D eigenvalue weighted by molar-refractivity contribution is 5.94. The number of rotatable bonds is 1. The molecule has 2 rings (SSSR count). The molecule has 1 saturated heterocycles. The van der Waals surface area contributed by atoms with Crippen LogP contribution in [0, 0.1) is 11.7 Å². The third-order valence-electron chi connectivity index (χ3n) is 3.33. The minimum Gasteiger partial charge on any atom is -0.338 e. The van der Waals surface area contributed by atoms with Crippen molar-refractivity contribution in [2.75, 3.05) is 13.1 Å². The lowest BCUT2D eigenvalue weighted by molar-refractivity contribution is 0.0663. The molecule has 1 fully saturated rings. The van der Waals surface area contributed by atoms with Crippen molar-refractivity contribution in [3.8, 4) is 0 Å². The first kappa shape index (κ1) is 12.0. The van der Waals surface area contributed by atoms with Crippen molar-refractivity contribution in [1.29, 1.82) is 0 Å². The average Bonchev–Trinajstić information content (AvgIpc) is 2.32. The molecule has 17 heavy (non-hydrogen) atoms. The fraction of sp³-hybridized carbons (Fsp3) is 0.462. The van der Waals surface area contributed by atoms with Gasteiger partial charge in [0, 0.05) is 24.7 Å². The summed E-state index contributed by atoms with van der Waals surface area (Å²) in [5.74, 6) is -0.192. The molecule has 1 aliphatic rings. The van der Waals surface area contributed by atoms with Gasteiger partial charge in [-0.2, -0.15) is 0 Å². The van der Waals surface area contributed by atoms with Crippen LogP contribution in [0.1, 0.15) is 23.7 Å². The minimum atomic E-state index is -0.377. The highest BCUT2D eigenvalue weighted by Gasteiger charge is 2.26. The van der Waals surface area contributed by atoms with Crippen LogP contribution in [0.15, 0.2) is 24.3 Å². The molecule has 1 aromatic rings. The van der Waals surface area contributed by atoms with Gasteiger partial charge in [-0.3, -0.25) is 4.79 Å². The van der Waals surface area contributed by atoms with Crippen LogP contribution in [-0.4, -0.2) is 29.9 Å². The van der Waals surface area contributed by atoms with Gasteiger partial charge in [0.25, 0.3) is 5.91 Å². The van der Waals surface area contributed by atoms with Crippen LogP contribution < -0.4 is 5.73 Å². The number of carbonyl (C=O) groups is 1. The average molecular weight is 236 g/mol. The number of halogens is 1.